The van der Waals surface area contributed by atoms with Gasteiger partial charge in [-0.25, -0.2) is 0 Å². The van der Waals surface area contributed by atoms with Crippen molar-refractivity contribution in [3.63, 3.8) is 0 Å². The van der Waals surface area contributed by atoms with Crippen LogP contribution in [0.2, 0.25) is 0 Å². The van der Waals surface area contributed by atoms with Crippen LogP contribution in [0.4, 0.5) is 0 Å². The highest BCUT2D eigenvalue weighted by Crippen LogP contribution is 2.25. The topological polar surface area (TPSA) is 110 Å². The molecule has 0 bridgehead atoms. The van der Waals surface area contributed by atoms with E-state index >= 15 is 0 Å². The number of ether oxygens (including phenoxy) is 2. The molecule has 2 N–H and O–H groups in total. The van der Waals surface area contributed by atoms with Gasteiger partial charge in [0.15, 0.2) is 11.6 Å². The fourth-order valence-electron chi connectivity index (χ4n) is 8.87. The summed E-state index contributed by atoms with van der Waals surface area (Å²) in [6.45, 7) is 14.6. The van der Waals surface area contributed by atoms with Crippen molar-refractivity contribution in [1.29, 1.82) is 0 Å². The predicted molar refractivity (Wildman–Crippen MR) is 286 cm³/mol. The van der Waals surface area contributed by atoms with Crippen molar-refractivity contribution in [3.05, 3.63) is 36.5 Å². The molecule has 0 spiro atoms. The second-order valence-electron chi connectivity index (χ2n) is 21.0. The quantitative estimate of drug-likeness (QED) is 0.0462. The molecule has 67 heavy (non-hydrogen) atoms. The molecular weight excluding hydrogens is 833 g/mol. The van der Waals surface area contributed by atoms with Crippen LogP contribution in [0.5, 0.6) is 0 Å². The molecule has 7 nitrogen and oxygen atoms in total. The minimum Gasteiger partial charge on any atom is -0.481 e. The lowest BCUT2D eigenvalue weighted by atomic mass is 9.96. The van der Waals surface area contributed by atoms with Gasteiger partial charge in [0.25, 0.3) is 0 Å². The molecule has 0 fully saturated rings. The highest BCUT2D eigenvalue weighted by atomic mass is 16.5. The maximum atomic E-state index is 13.4. The minimum atomic E-state index is -0.776. The van der Waals surface area contributed by atoms with Crippen LogP contribution < -0.4 is 0 Å². The third-order valence-electron chi connectivity index (χ3n) is 13.4. The summed E-state index contributed by atoms with van der Waals surface area (Å²) in [5.41, 5.74) is -1.54. The van der Waals surface area contributed by atoms with E-state index in [0.717, 1.165) is 161 Å². The van der Waals surface area contributed by atoms with Gasteiger partial charge >= 0.3 is 5.97 Å². The summed E-state index contributed by atoms with van der Waals surface area (Å²) in [4.78, 5) is 37.4. The summed E-state index contributed by atoms with van der Waals surface area (Å²) in [6.07, 6.45) is 53.8. The van der Waals surface area contributed by atoms with Crippen LogP contribution in [0.25, 0.3) is 0 Å². The number of unbranched alkanes of at least 4 members (excludes halogenated alkanes) is 24. The molecular formula is C60H110O7. The first-order chi connectivity index (χ1) is 32.3. The highest BCUT2D eigenvalue weighted by molar-refractivity contribution is 5.86. The van der Waals surface area contributed by atoms with Gasteiger partial charge < -0.3 is 19.7 Å². The minimum absolute atomic E-state index is 0.0552. The van der Waals surface area contributed by atoms with Crippen molar-refractivity contribution in [1.82, 2.24) is 0 Å². The summed E-state index contributed by atoms with van der Waals surface area (Å²) >= 11 is 0. The maximum Gasteiger partial charge on any atom is 0.303 e. The summed E-state index contributed by atoms with van der Waals surface area (Å²) in [7, 11) is 0. The van der Waals surface area contributed by atoms with Crippen molar-refractivity contribution in [2.45, 2.75) is 328 Å². The molecule has 0 saturated heterocycles. The second kappa shape index (κ2) is 45.1. The summed E-state index contributed by atoms with van der Waals surface area (Å²) < 4.78 is 13.2. The van der Waals surface area contributed by atoms with Crippen molar-refractivity contribution >= 4 is 17.5 Å². The van der Waals surface area contributed by atoms with Crippen LogP contribution >= 0.6 is 0 Å². The van der Waals surface area contributed by atoms with Gasteiger partial charge in [-0.15, -0.1) is 0 Å². The van der Waals surface area contributed by atoms with Crippen molar-refractivity contribution in [2.75, 3.05) is 0 Å². The number of aliphatic hydroxyl groups is 1. The fourth-order valence-corrected chi connectivity index (χ4v) is 8.87. The first kappa shape index (κ1) is 64.9. The summed E-state index contributed by atoms with van der Waals surface area (Å²) in [6, 6.07) is 0. The SMILES string of the molecule is CCCCCCC(O)C/C=C\CCCCCCCC(=O)C(C)(C)OC(C/C=C\CCCCCCCC(=O)C(C)(C)OC(C/C=C\CCCCCCCC(=O)O)CCCCCC)CCCCCC. The number of rotatable bonds is 51. The number of allylic oxidation sites excluding steroid dienone is 3. The molecule has 0 saturated carbocycles. The van der Waals surface area contributed by atoms with E-state index in [2.05, 4.69) is 57.2 Å². The fraction of sp³-hybridized carbons (Fsp3) is 0.850. The second-order valence-corrected chi connectivity index (χ2v) is 21.0. The average Bonchev–Trinajstić information content (AvgIpc) is 3.29. The molecule has 3 unspecified atom stereocenters. The molecule has 0 aliphatic carbocycles. The van der Waals surface area contributed by atoms with Gasteiger partial charge in [-0.05, 0) is 124 Å². The Hall–Kier alpha value is -2.09. The lowest BCUT2D eigenvalue weighted by molar-refractivity contribution is -0.148. The van der Waals surface area contributed by atoms with Crippen molar-refractivity contribution in [2.24, 2.45) is 0 Å². The predicted octanol–water partition coefficient (Wildman–Crippen LogP) is 17.8. The van der Waals surface area contributed by atoms with Crippen LogP contribution in [0, 0.1) is 0 Å². The summed E-state index contributed by atoms with van der Waals surface area (Å²) in [5, 5.41) is 18.9. The van der Waals surface area contributed by atoms with Crippen LogP contribution in [-0.2, 0) is 23.9 Å². The Labute approximate surface area is 415 Å². The third kappa shape index (κ3) is 41.4. The third-order valence-corrected chi connectivity index (χ3v) is 13.4. The lowest BCUT2D eigenvalue weighted by Gasteiger charge is -2.29. The molecule has 0 radical (unpaired) electrons. The Morgan fingerprint density at radius 3 is 1.09 bits per heavy atom. The van der Waals surface area contributed by atoms with Crippen LogP contribution in [-0.4, -0.2) is 57.3 Å². The van der Waals surface area contributed by atoms with Crippen molar-refractivity contribution < 1.29 is 34.1 Å². The molecule has 3 atom stereocenters. The molecule has 0 aromatic carbocycles. The number of Topliss-reactive ketones (excluding diaryl/α,β-unsaturated/α-hetero) is 2. The van der Waals surface area contributed by atoms with E-state index < -0.39 is 17.2 Å². The Morgan fingerprint density at radius 2 is 0.716 bits per heavy atom. The number of ketones is 2. The van der Waals surface area contributed by atoms with Gasteiger partial charge in [0.1, 0.15) is 11.2 Å². The molecule has 0 aromatic rings. The number of aliphatic carboxylic acids is 1. The van der Waals surface area contributed by atoms with Gasteiger partial charge in [0, 0.05) is 19.3 Å². The first-order valence-corrected chi connectivity index (χ1v) is 28.6. The van der Waals surface area contributed by atoms with Gasteiger partial charge in [-0.1, -0.05) is 192 Å². The molecule has 0 aromatic heterocycles. The zero-order valence-electron chi connectivity index (χ0n) is 45.2. The van der Waals surface area contributed by atoms with E-state index in [-0.39, 0.29) is 36.3 Å². The Bertz CT molecular complexity index is 1250. The number of carboxylic acids is 1. The molecule has 7 heteroatoms. The number of carbonyl (C=O) groups is 3. The van der Waals surface area contributed by atoms with Gasteiger partial charge in [-0.3, -0.25) is 14.4 Å². The lowest BCUT2D eigenvalue weighted by Crippen LogP contribution is -2.38. The van der Waals surface area contributed by atoms with E-state index in [4.69, 9.17) is 14.6 Å². The van der Waals surface area contributed by atoms with E-state index in [0.29, 0.717) is 12.8 Å². The molecule has 0 amide bonds. The maximum absolute atomic E-state index is 13.4. The van der Waals surface area contributed by atoms with Crippen molar-refractivity contribution in [3.8, 4) is 0 Å². The Kier molecular flexibility index (Phi) is 43.7. The molecule has 0 rings (SSSR count). The van der Waals surface area contributed by atoms with E-state index in [9.17, 15) is 19.5 Å². The van der Waals surface area contributed by atoms with E-state index in [1.165, 1.54) is 70.6 Å². The van der Waals surface area contributed by atoms with Gasteiger partial charge in [0.2, 0.25) is 0 Å². The average molecular weight is 944 g/mol. The Morgan fingerprint density at radius 1 is 0.403 bits per heavy atom. The number of carboxylic acid groups (broad SMARTS) is 1. The molecule has 0 aliphatic rings. The highest BCUT2D eigenvalue weighted by Gasteiger charge is 2.31. The van der Waals surface area contributed by atoms with Crippen LogP contribution in [0.3, 0.4) is 0 Å². The molecule has 0 heterocycles. The standard InChI is InChI=1S/C60H110O7/c1-8-11-14-35-44-53(61)45-36-29-23-17-20-26-32-41-50-56(62)59(4,5)66-54(46-37-15-12-9-2)48-39-30-24-18-21-27-33-42-51-57(63)60(6,7)67-55(47-38-16-13-10-3)49-40-31-25-19-22-28-34-43-52-58(64)65/h29-31,36,39-40,53-55,61H,8-28,32-35,37-38,41-52H2,1-7H3,(H,64,65)/b36-29-,39-30-,40-31-. The van der Waals surface area contributed by atoms with E-state index in [1.807, 2.05) is 27.7 Å². The van der Waals surface area contributed by atoms with E-state index in [1.54, 1.807) is 0 Å². The normalized spacial score (nSPS) is 13.9. The summed E-state index contributed by atoms with van der Waals surface area (Å²) in [5.74, 6) is -0.266. The van der Waals surface area contributed by atoms with Crippen LogP contribution in [0.1, 0.15) is 299 Å². The number of carbonyl (C=O) groups excluding carboxylic acids is 2. The number of hydrogen-bond acceptors (Lipinski definition) is 6. The molecule has 0 aliphatic heterocycles. The molecule has 392 valence electrons. The largest absolute Gasteiger partial charge is 0.481 e. The monoisotopic (exact) mass is 943 g/mol. The number of hydrogen-bond donors (Lipinski definition) is 2. The van der Waals surface area contributed by atoms with Gasteiger partial charge in [-0.2, -0.15) is 0 Å². The zero-order valence-corrected chi connectivity index (χ0v) is 45.2. The first-order valence-electron chi connectivity index (χ1n) is 28.6. The van der Waals surface area contributed by atoms with Gasteiger partial charge in [0.05, 0.1) is 18.3 Å². The Balaban J connectivity index is 4.56. The number of aliphatic hydroxyl groups excluding tert-OH is 1. The smallest absolute Gasteiger partial charge is 0.303 e. The van der Waals surface area contributed by atoms with Crippen LogP contribution in [0.15, 0.2) is 36.5 Å². The zero-order chi connectivity index (χ0) is 49.7.